The number of rotatable bonds is 3. The van der Waals surface area contributed by atoms with E-state index in [0.29, 0.717) is 11.1 Å². The predicted molar refractivity (Wildman–Crippen MR) is 86.2 cm³/mol. The van der Waals surface area contributed by atoms with E-state index < -0.39 is 0 Å². The summed E-state index contributed by atoms with van der Waals surface area (Å²) in [5, 5.41) is 11.7. The predicted octanol–water partition coefficient (Wildman–Crippen LogP) is 3.65. The molecular formula is C16H13IN2O. The Bertz CT molecular complexity index is 642. The molecule has 0 aliphatic carbocycles. The number of nitrogens with zero attached hydrogens (tertiary/aromatic N) is 1. The lowest BCUT2D eigenvalue weighted by Crippen LogP contribution is -2.26. The van der Waals surface area contributed by atoms with Crippen molar-refractivity contribution in [1.29, 1.82) is 5.26 Å². The molecule has 0 saturated carbocycles. The molecule has 100 valence electrons. The Morgan fingerprint density at radius 1 is 1.15 bits per heavy atom. The van der Waals surface area contributed by atoms with Crippen LogP contribution < -0.4 is 5.32 Å². The zero-order chi connectivity index (χ0) is 14.5. The highest BCUT2D eigenvalue weighted by molar-refractivity contribution is 14.1. The van der Waals surface area contributed by atoms with Crippen molar-refractivity contribution < 1.29 is 4.79 Å². The first-order valence-corrected chi connectivity index (χ1v) is 7.24. The van der Waals surface area contributed by atoms with Gasteiger partial charge in [0.1, 0.15) is 0 Å². The number of carbonyl (C=O) groups is 1. The van der Waals surface area contributed by atoms with Crippen molar-refractivity contribution in [3.8, 4) is 6.07 Å². The van der Waals surface area contributed by atoms with E-state index >= 15 is 0 Å². The van der Waals surface area contributed by atoms with Gasteiger partial charge in [-0.1, -0.05) is 12.1 Å². The molecule has 2 rings (SSSR count). The molecule has 0 heterocycles. The lowest BCUT2D eigenvalue weighted by Gasteiger charge is -2.14. The smallest absolute Gasteiger partial charge is 0.251 e. The SMILES string of the molecule is CC(NC(=O)c1ccc(I)cc1)c1ccc(C#N)cc1. The Morgan fingerprint density at radius 3 is 2.30 bits per heavy atom. The first kappa shape index (κ1) is 14.5. The van der Waals surface area contributed by atoms with Gasteiger partial charge in [-0.3, -0.25) is 4.79 Å². The van der Waals surface area contributed by atoms with E-state index in [1.54, 1.807) is 12.1 Å². The number of nitrogens with one attached hydrogen (secondary N) is 1. The molecule has 0 saturated heterocycles. The van der Waals surface area contributed by atoms with Gasteiger partial charge >= 0.3 is 0 Å². The minimum absolute atomic E-state index is 0.0988. The van der Waals surface area contributed by atoms with Gasteiger partial charge in [0.25, 0.3) is 5.91 Å². The van der Waals surface area contributed by atoms with Crippen molar-refractivity contribution in [2.24, 2.45) is 0 Å². The van der Waals surface area contributed by atoms with E-state index in [1.807, 2.05) is 43.3 Å². The lowest BCUT2D eigenvalue weighted by molar-refractivity contribution is 0.0940. The maximum atomic E-state index is 12.1. The van der Waals surface area contributed by atoms with Crippen molar-refractivity contribution in [2.45, 2.75) is 13.0 Å². The Labute approximate surface area is 131 Å². The molecule has 1 unspecified atom stereocenters. The number of benzene rings is 2. The summed E-state index contributed by atoms with van der Waals surface area (Å²) in [5.74, 6) is -0.0988. The van der Waals surface area contributed by atoms with Crippen LogP contribution in [0.3, 0.4) is 0 Å². The van der Waals surface area contributed by atoms with Crippen LogP contribution in [0.2, 0.25) is 0 Å². The second kappa shape index (κ2) is 6.53. The fourth-order valence-electron chi connectivity index (χ4n) is 1.81. The summed E-state index contributed by atoms with van der Waals surface area (Å²) in [5.41, 5.74) is 2.23. The minimum atomic E-state index is -0.102. The number of amides is 1. The van der Waals surface area contributed by atoms with Crippen molar-refractivity contribution in [3.63, 3.8) is 0 Å². The number of carbonyl (C=O) groups excluding carboxylic acids is 1. The fourth-order valence-corrected chi connectivity index (χ4v) is 2.17. The second-order valence-electron chi connectivity index (χ2n) is 4.44. The molecule has 0 spiro atoms. The quantitative estimate of drug-likeness (QED) is 0.832. The van der Waals surface area contributed by atoms with Crippen LogP contribution >= 0.6 is 22.6 Å². The molecular weight excluding hydrogens is 363 g/mol. The summed E-state index contributed by atoms with van der Waals surface area (Å²) in [7, 11) is 0. The molecule has 0 aromatic heterocycles. The summed E-state index contributed by atoms with van der Waals surface area (Å²) >= 11 is 2.20. The van der Waals surface area contributed by atoms with Crippen LogP contribution in [-0.4, -0.2) is 5.91 Å². The van der Waals surface area contributed by atoms with Gasteiger partial charge in [-0.2, -0.15) is 5.26 Å². The first-order valence-electron chi connectivity index (χ1n) is 6.16. The highest BCUT2D eigenvalue weighted by Gasteiger charge is 2.11. The zero-order valence-electron chi connectivity index (χ0n) is 10.9. The largest absolute Gasteiger partial charge is 0.346 e. The van der Waals surface area contributed by atoms with Crippen molar-refractivity contribution >= 4 is 28.5 Å². The zero-order valence-corrected chi connectivity index (χ0v) is 13.1. The second-order valence-corrected chi connectivity index (χ2v) is 5.68. The van der Waals surface area contributed by atoms with Crippen LogP contribution in [0, 0.1) is 14.9 Å². The number of hydrogen-bond donors (Lipinski definition) is 1. The highest BCUT2D eigenvalue weighted by atomic mass is 127. The van der Waals surface area contributed by atoms with Gasteiger partial charge in [0.05, 0.1) is 17.7 Å². The van der Waals surface area contributed by atoms with Crippen molar-refractivity contribution in [1.82, 2.24) is 5.32 Å². The van der Waals surface area contributed by atoms with Gasteiger partial charge in [0.2, 0.25) is 0 Å². The average Bonchev–Trinajstić information content (AvgIpc) is 2.48. The van der Waals surface area contributed by atoms with Gasteiger partial charge in [0, 0.05) is 9.13 Å². The maximum Gasteiger partial charge on any atom is 0.251 e. The monoisotopic (exact) mass is 376 g/mol. The molecule has 0 bridgehead atoms. The third kappa shape index (κ3) is 3.58. The number of halogens is 1. The molecule has 1 N–H and O–H groups in total. The lowest BCUT2D eigenvalue weighted by atomic mass is 10.1. The molecule has 0 radical (unpaired) electrons. The normalized spacial score (nSPS) is 11.4. The summed E-state index contributed by atoms with van der Waals surface area (Å²) in [4.78, 5) is 12.1. The molecule has 4 heteroatoms. The van der Waals surface area contributed by atoms with Gasteiger partial charge in [-0.05, 0) is 71.5 Å². The number of nitriles is 1. The highest BCUT2D eigenvalue weighted by Crippen LogP contribution is 2.14. The summed E-state index contributed by atoms with van der Waals surface area (Å²) in [6.07, 6.45) is 0. The van der Waals surface area contributed by atoms with E-state index in [2.05, 4.69) is 34.0 Å². The van der Waals surface area contributed by atoms with E-state index in [0.717, 1.165) is 9.13 Å². The Morgan fingerprint density at radius 2 is 1.75 bits per heavy atom. The van der Waals surface area contributed by atoms with Crippen LogP contribution in [0.15, 0.2) is 48.5 Å². The van der Waals surface area contributed by atoms with Crippen LogP contribution in [0.1, 0.15) is 34.5 Å². The fraction of sp³-hybridized carbons (Fsp3) is 0.125. The van der Waals surface area contributed by atoms with Crippen LogP contribution in [0.4, 0.5) is 0 Å². The van der Waals surface area contributed by atoms with Crippen LogP contribution in [0.5, 0.6) is 0 Å². The topological polar surface area (TPSA) is 52.9 Å². The molecule has 0 aliphatic rings. The number of hydrogen-bond acceptors (Lipinski definition) is 2. The molecule has 20 heavy (non-hydrogen) atoms. The van der Waals surface area contributed by atoms with Crippen molar-refractivity contribution in [3.05, 3.63) is 68.8 Å². The van der Waals surface area contributed by atoms with Crippen molar-refractivity contribution in [2.75, 3.05) is 0 Å². The van der Waals surface area contributed by atoms with Crippen LogP contribution in [-0.2, 0) is 0 Å². The average molecular weight is 376 g/mol. The van der Waals surface area contributed by atoms with E-state index in [4.69, 9.17) is 5.26 Å². The Hall–Kier alpha value is -1.87. The molecule has 0 aliphatic heterocycles. The molecule has 1 atom stereocenters. The Balaban J connectivity index is 2.06. The first-order chi connectivity index (χ1) is 9.60. The summed E-state index contributed by atoms with van der Waals surface area (Å²) in [6.45, 7) is 1.92. The van der Waals surface area contributed by atoms with Crippen LogP contribution in [0.25, 0.3) is 0 Å². The molecule has 1 amide bonds. The third-order valence-electron chi connectivity index (χ3n) is 2.99. The molecule has 2 aromatic rings. The molecule has 0 fully saturated rings. The van der Waals surface area contributed by atoms with E-state index in [-0.39, 0.29) is 11.9 Å². The van der Waals surface area contributed by atoms with E-state index in [9.17, 15) is 4.79 Å². The van der Waals surface area contributed by atoms with Gasteiger partial charge in [-0.25, -0.2) is 0 Å². The van der Waals surface area contributed by atoms with Gasteiger partial charge < -0.3 is 5.32 Å². The summed E-state index contributed by atoms with van der Waals surface area (Å²) in [6, 6.07) is 16.6. The molecule has 2 aromatic carbocycles. The molecule has 3 nitrogen and oxygen atoms in total. The third-order valence-corrected chi connectivity index (χ3v) is 3.71. The minimum Gasteiger partial charge on any atom is -0.346 e. The maximum absolute atomic E-state index is 12.1. The van der Waals surface area contributed by atoms with Gasteiger partial charge in [-0.15, -0.1) is 0 Å². The Kier molecular flexibility index (Phi) is 4.74. The standard InChI is InChI=1S/C16H13IN2O/c1-11(13-4-2-12(10-18)3-5-13)19-16(20)14-6-8-15(17)9-7-14/h2-9,11H,1H3,(H,19,20). The van der Waals surface area contributed by atoms with E-state index in [1.165, 1.54) is 0 Å². The summed E-state index contributed by atoms with van der Waals surface area (Å²) < 4.78 is 1.10. The van der Waals surface area contributed by atoms with Gasteiger partial charge in [0.15, 0.2) is 0 Å².